The number of aryl methyl sites for hydroxylation is 2. The second kappa shape index (κ2) is 6.19. The van der Waals surface area contributed by atoms with Gasteiger partial charge in [-0.1, -0.05) is 35.5 Å². The fourth-order valence-corrected chi connectivity index (χ4v) is 1.96. The normalized spacial score (nSPS) is 12.3. The molecule has 1 N–H and O–H groups in total. The van der Waals surface area contributed by atoms with Crippen LogP contribution in [0, 0.1) is 0 Å². The summed E-state index contributed by atoms with van der Waals surface area (Å²) in [5.41, 5.74) is 1.38. The number of hydrogen-bond acceptors (Lipinski definition) is 3. The van der Waals surface area contributed by atoms with Gasteiger partial charge in [-0.25, -0.2) is 4.68 Å². The monoisotopic (exact) mass is 244 g/mol. The molecule has 0 amide bonds. The van der Waals surface area contributed by atoms with Crippen molar-refractivity contribution in [3.8, 4) is 0 Å². The van der Waals surface area contributed by atoms with E-state index in [2.05, 4.69) is 59.8 Å². The maximum absolute atomic E-state index is 4.01. The van der Waals surface area contributed by atoms with Crippen LogP contribution < -0.4 is 5.32 Å². The van der Waals surface area contributed by atoms with E-state index in [-0.39, 0.29) is 0 Å². The van der Waals surface area contributed by atoms with Crippen molar-refractivity contribution in [2.45, 2.75) is 39.3 Å². The number of aromatic nitrogens is 3. The molecule has 18 heavy (non-hydrogen) atoms. The lowest BCUT2D eigenvalue weighted by Crippen LogP contribution is -2.18. The molecule has 1 unspecified atom stereocenters. The first-order valence-electron chi connectivity index (χ1n) is 6.48. The van der Waals surface area contributed by atoms with Crippen molar-refractivity contribution in [1.82, 2.24) is 15.0 Å². The van der Waals surface area contributed by atoms with Gasteiger partial charge in [-0.2, -0.15) is 0 Å². The minimum atomic E-state index is 0.411. The largest absolute Gasteiger partial charge is 0.366 e. The van der Waals surface area contributed by atoms with Crippen molar-refractivity contribution in [3.05, 3.63) is 42.1 Å². The van der Waals surface area contributed by atoms with E-state index in [0.717, 1.165) is 25.2 Å². The molecule has 4 heteroatoms. The van der Waals surface area contributed by atoms with E-state index in [4.69, 9.17) is 0 Å². The highest BCUT2D eigenvalue weighted by Gasteiger charge is 2.06. The van der Waals surface area contributed by atoms with Gasteiger partial charge in [0.15, 0.2) is 0 Å². The minimum absolute atomic E-state index is 0.411. The maximum atomic E-state index is 4.01. The third kappa shape index (κ3) is 3.32. The average molecular weight is 244 g/mol. The number of benzene rings is 1. The SMILES string of the molecule is CCn1nncc1NC(C)CCc1ccccc1. The molecule has 2 aromatic rings. The lowest BCUT2D eigenvalue weighted by Gasteiger charge is -2.15. The summed E-state index contributed by atoms with van der Waals surface area (Å²) in [6.07, 6.45) is 3.96. The molecule has 2 rings (SSSR count). The first kappa shape index (κ1) is 12.6. The summed E-state index contributed by atoms with van der Waals surface area (Å²) in [7, 11) is 0. The van der Waals surface area contributed by atoms with Crippen molar-refractivity contribution < 1.29 is 0 Å². The Morgan fingerprint density at radius 3 is 2.78 bits per heavy atom. The minimum Gasteiger partial charge on any atom is -0.366 e. The van der Waals surface area contributed by atoms with Crippen LogP contribution >= 0.6 is 0 Å². The number of nitrogens with one attached hydrogen (secondary N) is 1. The van der Waals surface area contributed by atoms with E-state index in [1.807, 2.05) is 4.68 Å². The van der Waals surface area contributed by atoms with Gasteiger partial charge in [0.05, 0.1) is 6.20 Å². The molecule has 4 nitrogen and oxygen atoms in total. The fourth-order valence-electron chi connectivity index (χ4n) is 1.96. The van der Waals surface area contributed by atoms with E-state index in [1.165, 1.54) is 5.56 Å². The molecule has 0 fully saturated rings. The van der Waals surface area contributed by atoms with Crippen LogP contribution in [0.25, 0.3) is 0 Å². The van der Waals surface area contributed by atoms with E-state index in [1.54, 1.807) is 6.20 Å². The molecule has 1 aromatic carbocycles. The molecule has 1 atom stereocenters. The van der Waals surface area contributed by atoms with Crippen LogP contribution in [0.3, 0.4) is 0 Å². The van der Waals surface area contributed by atoms with Gasteiger partial charge in [-0.05, 0) is 32.3 Å². The molecule has 0 radical (unpaired) electrons. The van der Waals surface area contributed by atoms with Crippen molar-refractivity contribution in [1.29, 1.82) is 0 Å². The van der Waals surface area contributed by atoms with Gasteiger partial charge in [0.1, 0.15) is 5.82 Å². The van der Waals surface area contributed by atoms with Gasteiger partial charge in [0, 0.05) is 12.6 Å². The first-order chi connectivity index (χ1) is 8.79. The molecular weight excluding hydrogens is 224 g/mol. The van der Waals surface area contributed by atoms with Crippen LogP contribution in [-0.2, 0) is 13.0 Å². The topological polar surface area (TPSA) is 42.7 Å². The van der Waals surface area contributed by atoms with E-state index >= 15 is 0 Å². The summed E-state index contributed by atoms with van der Waals surface area (Å²) in [5, 5.41) is 11.4. The molecule has 96 valence electrons. The Kier molecular flexibility index (Phi) is 4.34. The summed E-state index contributed by atoms with van der Waals surface area (Å²) in [6.45, 7) is 5.10. The quantitative estimate of drug-likeness (QED) is 0.849. The highest BCUT2D eigenvalue weighted by molar-refractivity contribution is 5.32. The zero-order valence-electron chi connectivity index (χ0n) is 11.0. The van der Waals surface area contributed by atoms with Crippen LogP contribution in [0.1, 0.15) is 25.8 Å². The van der Waals surface area contributed by atoms with Crippen molar-refractivity contribution >= 4 is 5.82 Å². The third-order valence-electron chi connectivity index (χ3n) is 3.02. The fraction of sp³-hybridized carbons (Fsp3) is 0.429. The molecule has 0 aliphatic heterocycles. The lowest BCUT2D eigenvalue weighted by molar-refractivity contribution is 0.618. The third-order valence-corrected chi connectivity index (χ3v) is 3.02. The van der Waals surface area contributed by atoms with Gasteiger partial charge in [0.2, 0.25) is 0 Å². The molecule has 0 saturated heterocycles. The molecule has 0 bridgehead atoms. The summed E-state index contributed by atoms with van der Waals surface area (Å²) >= 11 is 0. The van der Waals surface area contributed by atoms with Crippen molar-refractivity contribution in [3.63, 3.8) is 0 Å². The van der Waals surface area contributed by atoms with Crippen LogP contribution in [0.5, 0.6) is 0 Å². The van der Waals surface area contributed by atoms with Crippen molar-refractivity contribution in [2.75, 3.05) is 5.32 Å². The van der Waals surface area contributed by atoms with Crippen LogP contribution in [0.4, 0.5) is 5.82 Å². The smallest absolute Gasteiger partial charge is 0.145 e. The van der Waals surface area contributed by atoms with Gasteiger partial charge < -0.3 is 5.32 Å². The predicted molar refractivity (Wildman–Crippen MR) is 73.5 cm³/mol. The standard InChI is InChI=1S/C14H20N4/c1-3-18-14(11-15-17-18)16-12(2)9-10-13-7-5-4-6-8-13/h4-8,11-12,16H,3,9-10H2,1-2H3. The van der Waals surface area contributed by atoms with E-state index in [9.17, 15) is 0 Å². The van der Waals surface area contributed by atoms with Gasteiger partial charge >= 0.3 is 0 Å². The van der Waals surface area contributed by atoms with E-state index in [0.29, 0.717) is 6.04 Å². The van der Waals surface area contributed by atoms with Crippen LogP contribution in [0.15, 0.2) is 36.5 Å². The Morgan fingerprint density at radius 2 is 2.06 bits per heavy atom. The van der Waals surface area contributed by atoms with Gasteiger partial charge in [-0.15, -0.1) is 5.10 Å². The molecule has 1 heterocycles. The molecule has 0 aliphatic rings. The second-order valence-corrected chi connectivity index (χ2v) is 4.50. The average Bonchev–Trinajstić information content (AvgIpc) is 2.85. The van der Waals surface area contributed by atoms with Crippen LogP contribution in [0.2, 0.25) is 0 Å². The Morgan fingerprint density at radius 1 is 1.28 bits per heavy atom. The highest BCUT2D eigenvalue weighted by Crippen LogP contribution is 2.10. The van der Waals surface area contributed by atoms with Crippen LogP contribution in [-0.4, -0.2) is 21.0 Å². The Hall–Kier alpha value is -1.84. The second-order valence-electron chi connectivity index (χ2n) is 4.50. The predicted octanol–water partition coefficient (Wildman–Crippen LogP) is 2.73. The molecule has 0 saturated carbocycles. The summed E-state index contributed by atoms with van der Waals surface area (Å²) < 4.78 is 1.87. The lowest BCUT2D eigenvalue weighted by atomic mass is 10.1. The van der Waals surface area contributed by atoms with Crippen molar-refractivity contribution in [2.24, 2.45) is 0 Å². The summed E-state index contributed by atoms with van der Waals surface area (Å²) in [5.74, 6) is 0.998. The van der Waals surface area contributed by atoms with Gasteiger partial charge in [0.25, 0.3) is 0 Å². The molecular formula is C14H20N4. The Labute approximate surface area is 108 Å². The molecule has 1 aromatic heterocycles. The Balaban J connectivity index is 1.84. The summed E-state index contributed by atoms with van der Waals surface area (Å²) in [4.78, 5) is 0. The molecule has 0 aliphatic carbocycles. The maximum Gasteiger partial charge on any atom is 0.145 e. The summed E-state index contributed by atoms with van der Waals surface area (Å²) in [6, 6.07) is 11.0. The molecule has 0 spiro atoms. The highest BCUT2D eigenvalue weighted by atomic mass is 15.4. The number of nitrogens with zero attached hydrogens (tertiary/aromatic N) is 3. The first-order valence-corrected chi connectivity index (χ1v) is 6.48. The Bertz CT molecular complexity index is 464. The zero-order chi connectivity index (χ0) is 12.8. The number of hydrogen-bond donors (Lipinski definition) is 1. The number of anilines is 1. The number of rotatable bonds is 6. The van der Waals surface area contributed by atoms with Gasteiger partial charge in [-0.3, -0.25) is 0 Å². The van der Waals surface area contributed by atoms with E-state index < -0.39 is 0 Å². The zero-order valence-corrected chi connectivity index (χ0v) is 11.0.